The van der Waals surface area contributed by atoms with E-state index in [9.17, 15) is 19.8 Å². The van der Waals surface area contributed by atoms with Gasteiger partial charge in [0.2, 0.25) is 0 Å². The number of rotatable bonds is 7. The fraction of sp³-hybridized carbons (Fsp3) is 0.263. The van der Waals surface area contributed by atoms with Crippen LogP contribution in [0.5, 0.6) is 0 Å². The molecule has 0 aliphatic carbocycles. The number of aromatic carboxylic acids is 1. The molecule has 7 heteroatoms. The third-order valence-electron chi connectivity index (χ3n) is 4.08. The Morgan fingerprint density at radius 3 is 2.35 bits per heavy atom. The van der Waals surface area contributed by atoms with E-state index in [0.717, 1.165) is 10.6 Å². The predicted molar refractivity (Wildman–Crippen MR) is 102 cm³/mol. The number of nitrogens with zero attached hydrogens (tertiary/aromatic N) is 2. The second kappa shape index (κ2) is 8.69. The molecule has 26 heavy (non-hydrogen) atoms. The van der Waals surface area contributed by atoms with Gasteiger partial charge in [-0.1, -0.05) is 35.9 Å². The molecule has 0 aliphatic rings. The maximum atomic E-state index is 12.6. The minimum Gasteiger partial charge on any atom is -0.478 e. The Morgan fingerprint density at radius 2 is 1.77 bits per heavy atom. The van der Waals surface area contributed by atoms with Gasteiger partial charge in [0.25, 0.3) is 5.91 Å². The fourth-order valence-electron chi connectivity index (χ4n) is 2.69. The average Bonchev–Trinajstić information content (AvgIpc) is 2.64. The standard InChI is InChI=1S/C19H21ClN2O4/c1-3-22(13-8-5-4-6-9-13)12-16(23)18(24)21(2)15-11-7-10-14(20)17(15)19(25)26/h4-11,16,23H,3,12H2,1-2H3,(H,25,26). The summed E-state index contributed by atoms with van der Waals surface area (Å²) in [6.07, 6.45) is -1.32. The lowest BCUT2D eigenvalue weighted by molar-refractivity contribution is -0.125. The molecular weight excluding hydrogens is 356 g/mol. The molecule has 0 saturated heterocycles. The summed E-state index contributed by atoms with van der Waals surface area (Å²) in [6, 6.07) is 13.9. The van der Waals surface area contributed by atoms with Crippen LogP contribution < -0.4 is 9.80 Å². The molecule has 1 atom stereocenters. The van der Waals surface area contributed by atoms with Gasteiger partial charge < -0.3 is 20.0 Å². The molecule has 6 nitrogen and oxygen atoms in total. The second-order valence-corrected chi connectivity index (χ2v) is 6.13. The zero-order valence-electron chi connectivity index (χ0n) is 14.6. The number of carbonyl (C=O) groups is 2. The molecule has 2 N–H and O–H groups in total. The van der Waals surface area contributed by atoms with Gasteiger partial charge in [-0.25, -0.2) is 4.79 Å². The number of aliphatic hydroxyl groups excluding tert-OH is 1. The van der Waals surface area contributed by atoms with Crippen molar-refractivity contribution in [2.75, 3.05) is 29.9 Å². The van der Waals surface area contributed by atoms with E-state index in [2.05, 4.69) is 0 Å². The van der Waals surface area contributed by atoms with E-state index in [1.807, 2.05) is 42.2 Å². The molecule has 0 spiro atoms. The Hall–Kier alpha value is -2.57. The SMILES string of the molecule is CCN(CC(O)C(=O)N(C)c1cccc(Cl)c1C(=O)O)c1ccccc1. The Morgan fingerprint density at radius 1 is 1.12 bits per heavy atom. The maximum absolute atomic E-state index is 12.6. The van der Waals surface area contributed by atoms with Crippen LogP contribution in [-0.2, 0) is 4.79 Å². The normalized spacial score (nSPS) is 11.7. The van der Waals surface area contributed by atoms with Gasteiger partial charge in [-0.3, -0.25) is 4.79 Å². The molecule has 2 aromatic carbocycles. The number of carboxylic acid groups (broad SMARTS) is 1. The highest BCUT2D eigenvalue weighted by Crippen LogP contribution is 2.27. The number of halogens is 1. The highest BCUT2D eigenvalue weighted by Gasteiger charge is 2.26. The van der Waals surface area contributed by atoms with Gasteiger partial charge in [-0.05, 0) is 31.2 Å². The molecule has 0 fully saturated rings. The van der Waals surface area contributed by atoms with E-state index in [0.29, 0.717) is 6.54 Å². The molecule has 0 aliphatic heterocycles. The second-order valence-electron chi connectivity index (χ2n) is 5.73. The summed E-state index contributed by atoms with van der Waals surface area (Å²) in [6.45, 7) is 2.62. The number of amides is 1. The van der Waals surface area contributed by atoms with Crippen molar-refractivity contribution in [2.45, 2.75) is 13.0 Å². The van der Waals surface area contributed by atoms with Crippen molar-refractivity contribution in [3.63, 3.8) is 0 Å². The number of anilines is 2. The first-order valence-electron chi connectivity index (χ1n) is 8.14. The zero-order chi connectivity index (χ0) is 19.3. The summed E-state index contributed by atoms with van der Waals surface area (Å²) < 4.78 is 0. The van der Waals surface area contributed by atoms with Crippen molar-refractivity contribution in [1.82, 2.24) is 0 Å². The Labute approximate surface area is 157 Å². The third kappa shape index (κ3) is 4.33. The Kier molecular flexibility index (Phi) is 6.60. The molecule has 2 aromatic rings. The van der Waals surface area contributed by atoms with E-state index in [1.54, 1.807) is 6.07 Å². The van der Waals surface area contributed by atoms with Gasteiger partial charge in [-0.2, -0.15) is 0 Å². The van der Waals surface area contributed by atoms with Crippen molar-refractivity contribution in [3.8, 4) is 0 Å². The predicted octanol–water partition coefficient (Wildman–Crippen LogP) is 2.89. The third-order valence-corrected chi connectivity index (χ3v) is 4.39. The number of likely N-dealkylation sites (N-methyl/N-ethyl adjacent to an activating group) is 2. The summed E-state index contributed by atoms with van der Waals surface area (Å²) in [5, 5.41) is 19.8. The molecule has 0 aromatic heterocycles. The molecule has 0 bridgehead atoms. The van der Waals surface area contributed by atoms with E-state index in [4.69, 9.17) is 11.6 Å². The monoisotopic (exact) mass is 376 g/mol. The fourth-order valence-corrected chi connectivity index (χ4v) is 2.94. The van der Waals surface area contributed by atoms with Crippen LogP contribution in [0.1, 0.15) is 17.3 Å². The lowest BCUT2D eigenvalue weighted by Crippen LogP contribution is -2.44. The van der Waals surface area contributed by atoms with Crippen molar-refractivity contribution in [1.29, 1.82) is 0 Å². The average molecular weight is 377 g/mol. The quantitative estimate of drug-likeness (QED) is 0.776. The first kappa shape index (κ1) is 19.8. The lowest BCUT2D eigenvalue weighted by atomic mass is 10.1. The number of para-hydroxylation sites is 1. The number of aliphatic hydroxyl groups is 1. The first-order valence-corrected chi connectivity index (χ1v) is 8.52. The van der Waals surface area contributed by atoms with Gasteiger partial charge in [0.15, 0.2) is 6.10 Å². The summed E-state index contributed by atoms with van der Waals surface area (Å²) in [4.78, 5) is 27.1. The molecular formula is C19H21ClN2O4. The number of carboxylic acids is 1. The minimum atomic E-state index is -1.32. The summed E-state index contributed by atoms with van der Waals surface area (Å²) in [5.74, 6) is -1.84. The topological polar surface area (TPSA) is 81.1 Å². The molecule has 0 heterocycles. The van der Waals surface area contributed by atoms with Crippen LogP contribution in [0.2, 0.25) is 5.02 Å². The van der Waals surface area contributed by atoms with Crippen molar-refractivity contribution >= 4 is 34.9 Å². The van der Waals surface area contributed by atoms with Gasteiger partial charge in [-0.15, -0.1) is 0 Å². The maximum Gasteiger partial charge on any atom is 0.339 e. The van der Waals surface area contributed by atoms with E-state index >= 15 is 0 Å². The summed E-state index contributed by atoms with van der Waals surface area (Å²) in [5.41, 5.74) is 0.850. The molecule has 1 unspecified atom stereocenters. The van der Waals surface area contributed by atoms with Crippen LogP contribution in [0.15, 0.2) is 48.5 Å². The van der Waals surface area contributed by atoms with Gasteiger partial charge in [0.05, 0.1) is 17.3 Å². The van der Waals surface area contributed by atoms with Crippen molar-refractivity contribution in [2.24, 2.45) is 0 Å². The molecule has 138 valence electrons. The van der Waals surface area contributed by atoms with Gasteiger partial charge in [0.1, 0.15) is 5.56 Å². The summed E-state index contributed by atoms with van der Waals surface area (Å²) in [7, 11) is 1.42. The summed E-state index contributed by atoms with van der Waals surface area (Å²) >= 11 is 5.95. The minimum absolute atomic E-state index is 0.0311. The largest absolute Gasteiger partial charge is 0.478 e. The Balaban J connectivity index is 2.20. The van der Waals surface area contributed by atoms with Gasteiger partial charge >= 0.3 is 5.97 Å². The smallest absolute Gasteiger partial charge is 0.339 e. The molecule has 2 rings (SSSR count). The van der Waals surface area contributed by atoms with Gasteiger partial charge in [0, 0.05) is 19.3 Å². The molecule has 1 amide bonds. The number of hydrogen-bond donors (Lipinski definition) is 2. The highest BCUT2D eigenvalue weighted by atomic mass is 35.5. The van der Waals surface area contributed by atoms with E-state index < -0.39 is 18.0 Å². The number of hydrogen-bond acceptors (Lipinski definition) is 4. The van der Waals surface area contributed by atoms with Crippen LogP contribution in [0, 0.1) is 0 Å². The van der Waals surface area contributed by atoms with Crippen LogP contribution in [0.25, 0.3) is 0 Å². The molecule has 0 radical (unpaired) electrons. The Bertz CT molecular complexity index is 782. The zero-order valence-corrected chi connectivity index (χ0v) is 15.3. The first-order chi connectivity index (χ1) is 12.4. The van der Waals surface area contributed by atoms with Crippen LogP contribution in [-0.4, -0.2) is 48.3 Å². The van der Waals surface area contributed by atoms with Crippen LogP contribution in [0.3, 0.4) is 0 Å². The van der Waals surface area contributed by atoms with Crippen molar-refractivity contribution in [3.05, 3.63) is 59.1 Å². The van der Waals surface area contributed by atoms with Crippen LogP contribution >= 0.6 is 11.6 Å². The lowest BCUT2D eigenvalue weighted by Gasteiger charge is -2.28. The molecule has 0 saturated carbocycles. The number of benzene rings is 2. The van der Waals surface area contributed by atoms with E-state index in [1.165, 1.54) is 19.2 Å². The van der Waals surface area contributed by atoms with Crippen molar-refractivity contribution < 1.29 is 19.8 Å². The number of carbonyl (C=O) groups excluding carboxylic acids is 1. The van der Waals surface area contributed by atoms with Crippen LogP contribution in [0.4, 0.5) is 11.4 Å². The van der Waals surface area contributed by atoms with E-state index in [-0.39, 0.29) is 22.8 Å². The highest BCUT2D eigenvalue weighted by molar-refractivity contribution is 6.34.